The third-order valence-corrected chi connectivity index (χ3v) is 4.21. The fourth-order valence-electron chi connectivity index (χ4n) is 2.87. The maximum Gasteiger partial charge on any atom is 0.337 e. The van der Waals surface area contributed by atoms with Crippen LogP contribution >= 0.6 is 0 Å². The lowest BCUT2D eigenvalue weighted by Gasteiger charge is -2.12. The Labute approximate surface area is 152 Å². The van der Waals surface area contributed by atoms with E-state index < -0.39 is 5.97 Å². The molecule has 0 amide bonds. The van der Waals surface area contributed by atoms with E-state index in [0.29, 0.717) is 11.4 Å². The Morgan fingerprint density at radius 3 is 2.27 bits per heavy atom. The second-order valence-electron chi connectivity index (χ2n) is 6.16. The number of benzene rings is 3. The third-order valence-electron chi connectivity index (χ3n) is 4.21. The first-order valence-electron chi connectivity index (χ1n) is 8.54. The molecule has 0 aliphatic rings. The van der Waals surface area contributed by atoms with Gasteiger partial charge in [-0.05, 0) is 66.8 Å². The van der Waals surface area contributed by atoms with Gasteiger partial charge in [0, 0.05) is 5.69 Å². The van der Waals surface area contributed by atoms with Gasteiger partial charge in [0.05, 0.1) is 11.3 Å². The van der Waals surface area contributed by atoms with Crippen LogP contribution in [0.5, 0.6) is 0 Å². The number of carboxylic acid groups (broad SMARTS) is 1. The number of aromatic carboxylic acids is 1. The first kappa shape index (κ1) is 17.7. The number of aryl methyl sites for hydroxylation is 2. The van der Waals surface area contributed by atoms with Crippen molar-refractivity contribution in [2.75, 3.05) is 5.32 Å². The summed E-state index contributed by atoms with van der Waals surface area (Å²) in [6.45, 7) is 0. The van der Waals surface area contributed by atoms with Crippen LogP contribution in [0.25, 0.3) is 0 Å². The SMILES string of the molecule is O=C(O)c1ccc(CCCc2ccccc2)cc1Nc1ccc(F)cc1. The predicted octanol–water partition coefficient (Wildman–Crippen LogP) is 5.44. The van der Waals surface area contributed by atoms with Gasteiger partial charge >= 0.3 is 5.97 Å². The molecule has 3 aromatic rings. The summed E-state index contributed by atoms with van der Waals surface area (Å²) in [5.74, 6) is -1.32. The molecule has 2 N–H and O–H groups in total. The average molecular weight is 349 g/mol. The summed E-state index contributed by atoms with van der Waals surface area (Å²) >= 11 is 0. The smallest absolute Gasteiger partial charge is 0.337 e. The molecule has 0 saturated carbocycles. The summed E-state index contributed by atoms with van der Waals surface area (Å²) in [7, 11) is 0. The molecule has 0 heterocycles. The van der Waals surface area contributed by atoms with Crippen molar-refractivity contribution in [2.45, 2.75) is 19.3 Å². The van der Waals surface area contributed by atoms with E-state index in [1.807, 2.05) is 30.3 Å². The minimum Gasteiger partial charge on any atom is -0.478 e. The molecule has 0 atom stereocenters. The Hall–Kier alpha value is -3.14. The van der Waals surface area contributed by atoms with Gasteiger partial charge in [0.25, 0.3) is 0 Å². The number of nitrogens with one attached hydrogen (secondary N) is 1. The first-order valence-corrected chi connectivity index (χ1v) is 8.54. The Balaban J connectivity index is 1.73. The van der Waals surface area contributed by atoms with E-state index in [-0.39, 0.29) is 11.4 Å². The Morgan fingerprint density at radius 2 is 1.58 bits per heavy atom. The average Bonchev–Trinajstić information content (AvgIpc) is 2.64. The zero-order valence-electron chi connectivity index (χ0n) is 14.3. The molecule has 0 unspecified atom stereocenters. The molecule has 3 nitrogen and oxygen atoms in total. The lowest BCUT2D eigenvalue weighted by Crippen LogP contribution is -2.04. The van der Waals surface area contributed by atoms with E-state index in [1.165, 1.54) is 17.7 Å². The van der Waals surface area contributed by atoms with Crippen LogP contribution in [-0.2, 0) is 12.8 Å². The summed E-state index contributed by atoms with van der Waals surface area (Å²) < 4.78 is 13.1. The van der Waals surface area contributed by atoms with E-state index in [9.17, 15) is 14.3 Å². The third kappa shape index (κ3) is 4.70. The zero-order chi connectivity index (χ0) is 18.4. The number of halogens is 1. The van der Waals surface area contributed by atoms with E-state index in [4.69, 9.17) is 0 Å². The molecule has 26 heavy (non-hydrogen) atoms. The van der Waals surface area contributed by atoms with E-state index in [1.54, 1.807) is 18.2 Å². The second-order valence-corrected chi connectivity index (χ2v) is 6.16. The molecule has 0 aromatic heterocycles. The van der Waals surface area contributed by atoms with Crippen molar-refractivity contribution in [3.8, 4) is 0 Å². The number of anilines is 2. The molecule has 0 saturated heterocycles. The summed E-state index contributed by atoms with van der Waals surface area (Å²) in [4.78, 5) is 11.5. The molecule has 0 aliphatic heterocycles. The highest BCUT2D eigenvalue weighted by Gasteiger charge is 2.11. The van der Waals surface area contributed by atoms with E-state index in [0.717, 1.165) is 24.8 Å². The van der Waals surface area contributed by atoms with Gasteiger partial charge in [0.2, 0.25) is 0 Å². The fraction of sp³-hybridized carbons (Fsp3) is 0.136. The lowest BCUT2D eigenvalue weighted by molar-refractivity contribution is 0.0698. The Bertz CT molecular complexity index is 876. The van der Waals surface area contributed by atoms with Crippen molar-refractivity contribution in [3.05, 3.63) is 95.3 Å². The van der Waals surface area contributed by atoms with Gasteiger partial charge in [-0.15, -0.1) is 0 Å². The molecule has 3 aromatic carbocycles. The quantitative estimate of drug-likeness (QED) is 0.597. The molecule has 0 fully saturated rings. The number of hydrogen-bond acceptors (Lipinski definition) is 2. The number of hydrogen-bond donors (Lipinski definition) is 2. The van der Waals surface area contributed by atoms with Gasteiger partial charge in [-0.2, -0.15) is 0 Å². The van der Waals surface area contributed by atoms with Crippen molar-refractivity contribution in [1.29, 1.82) is 0 Å². The molecule has 4 heteroatoms. The minimum atomic E-state index is -0.995. The number of carboxylic acids is 1. The highest BCUT2D eigenvalue weighted by Crippen LogP contribution is 2.24. The summed E-state index contributed by atoms with van der Waals surface area (Å²) in [6, 6.07) is 21.5. The van der Waals surface area contributed by atoms with Crippen LogP contribution in [0.2, 0.25) is 0 Å². The van der Waals surface area contributed by atoms with Crippen molar-refractivity contribution in [2.24, 2.45) is 0 Å². The molecule has 0 radical (unpaired) electrons. The summed E-state index contributed by atoms with van der Waals surface area (Å²) in [5, 5.41) is 12.5. The highest BCUT2D eigenvalue weighted by atomic mass is 19.1. The van der Waals surface area contributed by atoms with E-state index >= 15 is 0 Å². The van der Waals surface area contributed by atoms with Crippen LogP contribution < -0.4 is 5.32 Å². The first-order chi connectivity index (χ1) is 12.6. The normalized spacial score (nSPS) is 10.5. The van der Waals surface area contributed by atoms with Gasteiger partial charge in [-0.3, -0.25) is 0 Å². The highest BCUT2D eigenvalue weighted by molar-refractivity contribution is 5.95. The van der Waals surface area contributed by atoms with E-state index in [2.05, 4.69) is 17.4 Å². The molecule has 0 spiro atoms. The van der Waals surface area contributed by atoms with Crippen molar-refractivity contribution in [1.82, 2.24) is 0 Å². The predicted molar refractivity (Wildman–Crippen MR) is 102 cm³/mol. The van der Waals surface area contributed by atoms with Crippen molar-refractivity contribution < 1.29 is 14.3 Å². The maximum atomic E-state index is 13.1. The van der Waals surface area contributed by atoms with Gasteiger partial charge in [0.15, 0.2) is 0 Å². The molecule has 0 aliphatic carbocycles. The Morgan fingerprint density at radius 1 is 0.885 bits per heavy atom. The summed E-state index contributed by atoms with van der Waals surface area (Å²) in [6.07, 6.45) is 2.81. The van der Waals surface area contributed by atoms with Crippen molar-refractivity contribution >= 4 is 17.3 Å². The monoisotopic (exact) mass is 349 g/mol. The van der Waals surface area contributed by atoms with Crippen LogP contribution in [-0.4, -0.2) is 11.1 Å². The zero-order valence-corrected chi connectivity index (χ0v) is 14.3. The van der Waals surface area contributed by atoms with Crippen molar-refractivity contribution in [3.63, 3.8) is 0 Å². The topological polar surface area (TPSA) is 49.3 Å². The van der Waals surface area contributed by atoms with Crippen LogP contribution in [0, 0.1) is 5.82 Å². The molecular weight excluding hydrogens is 329 g/mol. The second kappa shape index (κ2) is 8.30. The number of carbonyl (C=O) groups is 1. The van der Waals surface area contributed by atoms with Crippen LogP contribution in [0.1, 0.15) is 27.9 Å². The van der Waals surface area contributed by atoms with Crippen LogP contribution in [0.15, 0.2) is 72.8 Å². The van der Waals surface area contributed by atoms with Crippen LogP contribution in [0.3, 0.4) is 0 Å². The largest absolute Gasteiger partial charge is 0.478 e. The molecule has 3 rings (SSSR count). The Kier molecular flexibility index (Phi) is 5.64. The molecular formula is C22H20FNO2. The summed E-state index contributed by atoms with van der Waals surface area (Å²) in [5.41, 5.74) is 3.72. The molecule has 132 valence electrons. The van der Waals surface area contributed by atoms with Gasteiger partial charge < -0.3 is 10.4 Å². The van der Waals surface area contributed by atoms with Gasteiger partial charge in [-0.25, -0.2) is 9.18 Å². The molecule has 0 bridgehead atoms. The van der Waals surface area contributed by atoms with Gasteiger partial charge in [-0.1, -0.05) is 36.4 Å². The number of rotatable bonds is 7. The lowest BCUT2D eigenvalue weighted by atomic mass is 10.0. The van der Waals surface area contributed by atoms with Gasteiger partial charge in [0.1, 0.15) is 5.82 Å². The fourth-order valence-corrected chi connectivity index (χ4v) is 2.87. The van der Waals surface area contributed by atoms with Crippen LogP contribution in [0.4, 0.5) is 15.8 Å². The minimum absolute atomic E-state index is 0.195. The maximum absolute atomic E-state index is 13.1. The standard InChI is InChI=1S/C22H20FNO2/c23-18-10-12-19(13-11-18)24-21-15-17(9-14-20(21)22(25)26)8-4-7-16-5-2-1-3-6-16/h1-3,5-6,9-15,24H,4,7-8H2,(H,25,26).